The molecule has 5 heteroatoms. The highest BCUT2D eigenvalue weighted by Gasteiger charge is 2.11. The van der Waals surface area contributed by atoms with Crippen LogP contribution in [-0.4, -0.2) is 15.1 Å². The molecule has 0 spiro atoms. The molecular formula is C14H11N4S+. The van der Waals surface area contributed by atoms with Crippen LogP contribution in [0.25, 0.3) is 16.6 Å². The minimum absolute atomic E-state index is 0.924. The van der Waals surface area contributed by atoms with Crippen LogP contribution < -0.4 is 4.52 Å². The Morgan fingerprint density at radius 1 is 1.05 bits per heavy atom. The number of aromatic amines is 2. The van der Waals surface area contributed by atoms with Crippen molar-refractivity contribution in [3.63, 3.8) is 0 Å². The number of hydrogen-bond acceptors (Lipinski definition) is 2. The molecule has 0 amide bonds. The lowest BCUT2D eigenvalue weighted by Gasteiger charge is -1.99. The number of H-pyrrole nitrogens is 2. The second kappa shape index (κ2) is 4.13. The number of nitrogens with one attached hydrogen (secondary N) is 2. The lowest BCUT2D eigenvalue weighted by atomic mass is 10.2. The molecule has 4 aromatic rings. The van der Waals surface area contributed by atoms with Crippen molar-refractivity contribution < 1.29 is 4.52 Å². The normalized spacial score (nSPS) is 11.4. The monoisotopic (exact) mass is 267 g/mol. The van der Waals surface area contributed by atoms with Crippen LogP contribution in [0.15, 0.2) is 64.9 Å². The fourth-order valence-corrected chi connectivity index (χ4v) is 3.08. The lowest BCUT2D eigenvalue weighted by Crippen LogP contribution is -2.26. The summed E-state index contributed by atoms with van der Waals surface area (Å²) in [6.07, 6.45) is 5.69. The third-order valence-electron chi connectivity index (χ3n) is 3.06. The van der Waals surface area contributed by atoms with Gasteiger partial charge in [-0.1, -0.05) is 0 Å². The van der Waals surface area contributed by atoms with Crippen LogP contribution in [-0.2, 0) is 0 Å². The van der Waals surface area contributed by atoms with Crippen LogP contribution in [0.5, 0.6) is 0 Å². The van der Waals surface area contributed by atoms with Crippen molar-refractivity contribution in [2.45, 2.75) is 9.92 Å². The summed E-state index contributed by atoms with van der Waals surface area (Å²) in [5.74, 6) is 0. The van der Waals surface area contributed by atoms with Crippen LogP contribution in [0, 0.1) is 0 Å². The fraction of sp³-hybridized carbons (Fsp3) is 0. The summed E-state index contributed by atoms with van der Waals surface area (Å²) in [6.45, 7) is 0. The summed E-state index contributed by atoms with van der Waals surface area (Å²) >= 11 is 1.72. The summed E-state index contributed by atoms with van der Waals surface area (Å²) in [7, 11) is 0. The summed E-state index contributed by atoms with van der Waals surface area (Å²) in [5, 5.41) is 5.51. The highest BCUT2D eigenvalue weighted by molar-refractivity contribution is 7.99. The topological polar surface area (TPSA) is 48.6 Å². The van der Waals surface area contributed by atoms with E-state index in [0.717, 1.165) is 16.2 Å². The second-order valence-corrected chi connectivity index (χ2v) is 5.36. The smallest absolute Gasteiger partial charge is 0.348 e. The minimum atomic E-state index is 0.924. The van der Waals surface area contributed by atoms with Crippen LogP contribution >= 0.6 is 11.8 Å². The number of aromatic nitrogens is 4. The summed E-state index contributed by atoms with van der Waals surface area (Å²) in [5.41, 5.74) is 2.09. The highest BCUT2D eigenvalue weighted by atomic mass is 32.2. The first-order valence-electron chi connectivity index (χ1n) is 5.99. The minimum Gasteiger partial charge on any atom is -0.361 e. The van der Waals surface area contributed by atoms with Crippen LogP contribution in [0.3, 0.4) is 0 Å². The van der Waals surface area contributed by atoms with Crippen molar-refractivity contribution in [3.8, 4) is 0 Å². The number of nitrogens with zero attached hydrogens (tertiary/aromatic N) is 2. The molecule has 1 aromatic carbocycles. The molecule has 0 aliphatic heterocycles. The van der Waals surface area contributed by atoms with E-state index in [9.17, 15) is 0 Å². The molecule has 3 heterocycles. The Bertz CT molecular complexity index is 862. The van der Waals surface area contributed by atoms with Gasteiger partial charge in [0, 0.05) is 34.3 Å². The molecule has 2 N–H and O–H groups in total. The molecule has 92 valence electrons. The van der Waals surface area contributed by atoms with Gasteiger partial charge in [0.15, 0.2) is 5.03 Å². The first-order valence-corrected chi connectivity index (χ1v) is 6.81. The molecule has 0 radical (unpaired) electrons. The molecule has 0 unspecified atom stereocenters. The van der Waals surface area contributed by atoms with E-state index >= 15 is 0 Å². The maximum Gasteiger partial charge on any atom is 0.348 e. The molecule has 19 heavy (non-hydrogen) atoms. The van der Waals surface area contributed by atoms with Crippen LogP contribution in [0.2, 0.25) is 0 Å². The lowest BCUT2D eigenvalue weighted by molar-refractivity contribution is -0.619. The standard InChI is InChI=1S/C14H10N4S/c1-2-12-10(3-6-15-12)9-11(1)19-14-5-7-16-13-4-8-17-18(13)14/h1-9,15H/p+1. The quantitative estimate of drug-likeness (QED) is 0.433. The number of fused-ring (bicyclic) bond motifs is 2. The Kier molecular flexibility index (Phi) is 2.31. The van der Waals surface area contributed by atoms with E-state index < -0.39 is 0 Å². The van der Waals surface area contributed by atoms with Crippen molar-refractivity contribution in [1.29, 1.82) is 0 Å². The fourth-order valence-electron chi connectivity index (χ4n) is 2.15. The van der Waals surface area contributed by atoms with Gasteiger partial charge in [-0.25, -0.2) is 5.10 Å². The van der Waals surface area contributed by atoms with Gasteiger partial charge in [-0.3, -0.25) is 0 Å². The number of rotatable bonds is 2. The Morgan fingerprint density at radius 3 is 3.05 bits per heavy atom. The molecular weight excluding hydrogens is 256 g/mol. The molecule has 0 atom stereocenters. The molecule has 0 aliphatic carbocycles. The van der Waals surface area contributed by atoms with Gasteiger partial charge in [-0.05, 0) is 41.0 Å². The first-order chi connectivity index (χ1) is 9.40. The van der Waals surface area contributed by atoms with E-state index in [1.165, 1.54) is 10.3 Å². The maximum absolute atomic E-state index is 4.30. The Morgan fingerprint density at radius 2 is 2.05 bits per heavy atom. The number of hydrogen-bond donors (Lipinski definition) is 2. The first kappa shape index (κ1) is 10.6. The van der Waals surface area contributed by atoms with E-state index in [4.69, 9.17) is 0 Å². The van der Waals surface area contributed by atoms with Gasteiger partial charge in [0.25, 0.3) is 0 Å². The average Bonchev–Trinajstić information content (AvgIpc) is 3.06. The van der Waals surface area contributed by atoms with Crippen molar-refractivity contribution >= 4 is 28.3 Å². The molecule has 0 saturated heterocycles. The third-order valence-corrected chi connectivity index (χ3v) is 4.07. The van der Waals surface area contributed by atoms with Gasteiger partial charge >= 0.3 is 5.65 Å². The van der Waals surface area contributed by atoms with Gasteiger partial charge in [0.1, 0.15) is 6.20 Å². The van der Waals surface area contributed by atoms with E-state index in [2.05, 4.69) is 39.3 Å². The molecule has 3 aromatic heterocycles. The predicted octanol–water partition coefficient (Wildman–Crippen LogP) is 2.78. The van der Waals surface area contributed by atoms with Gasteiger partial charge < -0.3 is 4.98 Å². The van der Waals surface area contributed by atoms with E-state index in [1.807, 2.05) is 35.2 Å². The SMILES string of the molecule is c1cc(Sc2ccc3[nH]ccc3c2)[n+]2[nH]ccc2n1. The van der Waals surface area contributed by atoms with Crippen LogP contribution in [0.1, 0.15) is 0 Å². The van der Waals surface area contributed by atoms with E-state index in [1.54, 1.807) is 11.8 Å². The van der Waals surface area contributed by atoms with Crippen molar-refractivity contribution in [2.24, 2.45) is 0 Å². The number of benzene rings is 1. The van der Waals surface area contributed by atoms with E-state index in [0.29, 0.717) is 0 Å². The Balaban J connectivity index is 1.79. The summed E-state index contributed by atoms with van der Waals surface area (Å²) in [6, 6.07) is 12.5. The zero-order valence-corrected chi connectivity index (χ0v) is 10.8. The van der Waals surface area contributed by atoms with Gasteiger partial charge in [-0.15, -0.1) is 4.52 Å². The van der Waals surface area contributed by atoms with Gasteiger partial charge in [0.05, 0.1) is 6.07 Å². The molecule has 0 saturated carbocycles. The third kappa shape index (κ3) is 1.79. The molecule has 4 nitrogen and oxygen atoms in total. The Labute approximate surface area is 113 Å². The molecule has 4 rings (SSSR count). The zero-order chi connectivity index (χ0) is 12.7. The van der Waals surface area contributed by atoms with Crippen molar-refractivity contribution in [2.75, 3.05) is 0 Å². The van der Waals surface area contributed by atoms with Crippen molar-refractivity contribution in [1.82, 2.24) is 15.1 Å². The molecule has 0 fully saturated rings. The average molecular weight is 267 g/mol. The van der Waals surface area contributed by atoms with Gasteiger partial charge in [-0.2, -0.15) is 0 Å². The van der Waals surface area contributed by atoms with Crippen molar-refractivity contribution in [3.05, 3.63) is 55.0 Å². The zero-order valence-electron chi connectivity index (χ0n) is 10.00. The Hall–Kier alpha value is -2.27. The molecule has 0 bridgehead atoms. The predicted molar refractivity (Wildman–Crippen MR) is 74.2 cm³/mol. The van der Waals surface area contributed by atoms with E-state index in [-0.39, 0.29) is 0 Å². The summed E-state index contributed by atoms with van der Waals surface area (Å²) < 4.78 is 1.98. The van der Waals surface area contributed by atoms with Gasteiger partial charge in [0.2, 0.25) is 0 Å². The molecule has 0 aliphatic rings. The highest BCUT2D eigenvalue weighted by Crippen LogP contribution is 2.27. The largest absolute Gasteiger partial charge is 0.361 e. The summed E-state index contributed by atoms with van der Waals surface area (Å²) in [4.78, 5) is 8.71. The maximum atomic E-state index is 4.30. The second-order valence-electron chi connectivity index (χ2n) is 4.27. The van der Waals surface area contributed by atoms with Crippen LogP contribution in [0.4, 0.5) is 0 Å².